The zero-order chi connectivity index (χ0) is 13.1. The molecule has 5 nitrogen and oxygen atoms in total. The fraction of sp³-hybridized carbons (Fsp3) is 0.364. The number of benzene rings is 1. The lowest BCUT2D eigenvalue weighted by Gasteiger charge is -2.06. The van der Waals surface area contributed by atoms with Crippen LogP contribution in [0.2, 0.25) is 0 Å². The maximum Gasteiger partial charge on any atom is 0.338 e. The van der Waals surface area contributed by atoms with Crippen molar-refractivity contribution < 1.29 is 22.5 Å². The van der Waals surface area contributed by atoms with E-state index in [0.29, 0.717) is 5.56 Å². The summed E-state index contributed by atoms with van der Waals surface area (Å²) in [5.74, 6) is -1.19. The Morgan fingerprint density at radius 1 is 1.35 bits per heavy atom. The number of hydrogen-bond donors (Lipinski definition) is 1. The maximum absolute atomic E-state index is 11.6. The standard InChI is InChI=1S/C11H14O5S/c1-8-3-4-10(9(2)7-8)11(12)16-5-6-17(13,14)15/h3-4,7H,5-6H2,1-2H3,(H,13,14,15). The molecule has 17 heavy (non-hydrogen) atoms. The normalized spacial score (nSPS) is 11.2. The second kappa shape index (κ2) is 5.29. The summed E-state index contributed by atoms with van der Waals surface area (Å²) in [5.41, 5.74) is 2.18. The lowest BCUT2D eigenvalue weighted by atomic mass is 10.1. The van der Waals surface area contributed by atoms with Crippen molar-refractivity contribution in [2.75, 3.05) is 12.4 Å². The monoisotopic (exact) mass is 258 g/mol. The average Bonchev–Trinajstić information content (AvgIpc) is 2.15. The number of carbonyl (C=O) groups excluding carboxylic acids is 1. The first-order valence-electron chi connectivity index (χ1n) is 4.99. The zero-order valence-corrected chi connectivity index (χ0v) is 10.5. The van der Waals surface area contributed by atoms with E-state index in [1.807, 2.05) is 13.0 Å². The van der Waals surface area contributed by atoms with Gasteiger partial charge in [-0.25, -0.2) is 4.79 Å². The van der Waals surface area contributed by atoms with Crippen molar-refractivity contribution in [1.29, 1.82) is 0 Å². The van der Waals surface area contributed by atoms with Crippen molar-refractivity contribution in [3.63, 3.8) is 0 Å². The Hall–Kier alpha value is -1.40. The topological polar surface area (TPSA) is 80.7 Å². The van der Waals surface area contributed by atoms with Crippen LogP contribution in [0.4, 0.5) is 0 Å². The van der Waals surface area contributed by atoms with Crippen LogP contribution < -0.4 is 0 Å². The molecule has 0 amide bonds. The summed E-state index contributed by atoms with van der Waals surface area (Å²) in [6.45, 7) is 3.32. The highest BCUT2D eigenvalue weighted by Gasteiger charge is 2.12. The van der Waals surface area contributed by atoms with Gasteiger partial charge in [0.1, 0.15) is 12.4 Å². The molecule has 0 aromatic heterocycles. The second-order valence-corrected chi connectivity index (χ2v) is 5.31. The predicted molar refractivity (Wildman–Crippen MR) is 62.6 cm³/mol. The van der Waals surface area contributed by atoms with E-state index >= 15 is 0 Å². The summed E-state index contributed by atoms with van der Waals surface area (Å²) in [7, 11) is -4.10. The fourth-order valence-electron chi connectivity index (χ4n) is 1.36. The first-order valence-corrected chi connectivity index (χ1v) is 6.60. The van der Waals surface area contributed by atoms with E-state index in [-0.39, 0.29) is 6.61 Å². The van der Waals surface area contributed by atoms with Gasteiger partial charge in [-0.2, -0.15) is 8.42 Å². The Morgan fingerprint density at radius 3 is 2.53 bits per heavy atom. The van der Waals surface area contributed by atoms with Gasteiger partial charge in [0, 0.05) is 0 Å². The van der Waals surface area contributed by atoms with Gasteiger partial charge in [0.2, 0.25) is 0 Å². The van der Waals surface area contributed by atoms with E-state index in [0.717, 1.165) is 11.1 Å². The molecule has 94 valence electrons. The molecular formula is C11H14O5S. The van der Waals surface area contributed by atoms with Crippen molar-refractivity contribution in [2.24, 2.45) is 0 Å². The fourth-order valence-corrected chi connectivity index (χ4v) is 1.65. The molecule has 6 heteroatoms. The molecule has 0 atom stereocenters. The summed E-state index contributed by atoms with van der Waals surface area (Å²) in [4.78, 5) is 11.6. The van der Waals surface area contributed by atoms with Crippen molar-refractivity contribution in [2.45, 2.75) is 13.8 Å². The van der Waals surface area contributed by atoms with E-state index in [9.17, 15) is 13.2 Å². The van der Waals surface area contributed by atoms with Gasteiger partial charge >= 0.3 is 5.97 Å². The highest BCUT2D eigenvalue weighted by atomic mass is 32.2. The van der Waals surface area contributed by atoms with E-state index in [1.54, 1.807) is 19.1 Å². The molecular weight excluding hydrogens is 244 g/mol. The van der Waals surface area contributed by atoms with Gasteiger partial charge in [-0.15, -0.1) is 0 Å². The minimum absolute atomic E-state index is 0.356. The lowest BCUT2D eigenvalue weighted by molar-refractivity contribution is 0.0527. The zero-order valence-electron chi connectivity index (χ0n) is 9.63. The van der Waals surface area contributed by atoms with Crippen LogP contribution in [0.25, 0.3) is 0 Å². The van der Waals surface area contributed by atoms with Gasteiger partial charge in [-0.3, -0.25) is 4.55 Å². The lowest BCUT2D eigenvalue weighted by Crippen LogP contribution is -2.15. The van der Waals surface area contributed by atoms with Crippen LogP contribution in [0, 0.1) is 13.8 Å². The molecule has 0 aliphatic heterocycles. The Bertz CT molecular complexity index is 519. The molecule has 0 unspecified atom stereocenters. The van der Waals surface area contributed by atoms with Crippen LogP contribution in [-0.2, 0) is 14.9 Å². The van der Waals surface area contributed by atoms with Gasteiger partial charge in [0.05, 0.1) is 5.56 Å². The molecule has 1 aromatic rings. The minimum Gasteiger partial charge on any atom is -0.461 e. The first-order chi connectivity index (χ1) is 7.79. The Morgan fingerprint density at radius 2 is 2.00 bits per heavy atom. The highest BCUT2D eigenvalue weighted by molar-refractivity contribution is 7.85. The smallest absolute Gasteiger partial charge is 0.338 e. The molecule has 0 aliphatic rings. The molecule has 1 N–H and O–H groups in total. The molecule has 1 rings (SSSR count). The van der Waals surface area contributed by atoms with E-state index in [2.05, 4.69) is 0 Å². The number of ether oxygens (including phenoxy) is 1. The largest absolute Gasteiger partial charge is 0.461 e. The van der Waals surface area contributed by atoms with Crippen LogP contribution >= 0.6 is 0 Å². The van der Waals surface area contributed by atoms with Crippen molar-refractivity contribution >= 4 is 16.1 Å². The van der Waals surface area contributed by atoms with Crippen LogP contribution in [0.3, 0.4) is 0 Å². The average molecular weight is 258 g/mol. The molecule has 0 saturated heterocycles. The van der Waals surface area contributed by atoms with Crippen LogP contribution in [-0.4, -0.2) is 31.3 Å². The van der Waals surface area contributed by atoms with Gasteiger partial charge in [-0.05, 0) is 25.5 Å². The van der Waals surface area contributed by atoms with Crippen LogP contribution in [0.15, 0.2) is 18.2 Å². The van der Waals surface area contributed by atoms with Gasteiger partial charge in [-0.1, -0.05) is 17.7 Å². The van der Waals surface area contributed by atoms with E-state index in [1.165, 1.54) is 0 Å². The number of esters is 1. The number of carbonyl (C=O) groups is 1. The molecule has 0 fully saturated rings. The SMILES string of the molecule is Cc1ccc(C(=O)OCCS(=O)(=O)O)c(C)c1. The van der Waals surface area contributed by atoms with Crippen molar-refractivity contribution in [3.8, 4) is 0 Å². The predicted octanol–water partition coefficient (Wildman–Crippen LogP) is 1.35. The van der Waals surface area contributed by atoms with Crippen molar-refractivity contribution in [3.05, 3.63) is 34.9 Å². The van der Waals surface area contributed by atoms with E-state index in [4.69, 9.17) is 9.29 Å². The molecule has 0 radical (unpaired) electrons. The molecule has 0 aliphatic carbocycles. The van der Waals surface area contributed by atoms with E-state index < -0.39 is 21.8 Å². The summed E-state index contributed by atoms with van der Waals surface area (Å²) in [6.07, 6.45) is 0. The Balaban J connectivity index is 2.65. The van der Waals surface area contributed by atoms with Gasteiger partial charge in [0.25, 0.3) is 10.1 Å². The third-order valence-electron chi connectivity index (χ3n) is 2.18. The molecule has 0 saturated carbocycles. The summed E-state index contributed by atoms with van der Waals surface area (Å²) < 4.78 is 34.1. The quantitative estimate of drug-likeness (QED) is 0.651. The molecule has 1 aromatic carbocycles. The van der Waals surface area contributed by atoms with Gasteiger partial charge in [0.15, 0.2) is 0 Å². The minimum atomic E-state index is -4.10. The molecule has 0 spiro atoms. The maximum atomic E-state index is 11.6. The van der Waals surface area contributed by atoms with Crippen LogP contribution in [0.5, 0.6) is 0 Å². The van der Waals surface area contributed by atoms with Crippen LogP contribution in [0.1, 0.15) is 21.5 Å². The summed E-state index contributed by atoms with van der Waals surface area (Å²) in [5, 5.41) is 0. The number of hydrogen-bond acceptors (Lipinski definition) is 4. The number of rotatable bonds is 4. The van der Waals surface area contributed by atoms with Gasteiger partial charge < -0.3 is 4.74 Å². The molecule has 0 heterocycles. The third kappa shape index (κ3) is 4.54. The number of aryl methyl sites for hydroxylation is 2. The third-order valence-corrected chi connectivity index (χ3v) is 2.86. The van der Waals surface area contributed by atoms with Crippen molar-refractivity contribution in [1.82, 2.24) is 0 Å². The summed E-state index contributed by atoms with van der Waals surface area (Å²) in [6, 6.07) is 5.23. The summed E-state index contributed by atoms with van der Waals surface area (Å²) >= 11 is 0. The molecule has 0 bridgehead atoms. The highest BCUT2D eigenvalue weighted by Crippen LogP contribution is 2.11. The Labute approximate surface area is 100 Å². The first kappa shape index (κ1) is 13.7. The Kier molecular flexibility index (Phi) is 4.25. The second-order valence-electron chi connectivity index (χ2n) is 3.74.